The molecule has 0 bridgehead atoms. The number of carbonyl (C=O) groups excluding carboxylic acids is 1. The predicted octanol–water partition coefficient (Wildman–Crippen LogP) is 2.28. The molecule has 5 nitrogen and oxygen atoms in total. The van der Waals surface area contributed by atoms with Gasteiger partial charge in [0.05, 0.1) is 11.6 Å². The van der Waals surface area contributed by atoms with E-state index in [0.717, 1.165) is 24.6 Å². The highest BCUT2D eigenvalue weighted by Crippen LogP contribution is 2.20. The molecular weight excluding hydrogens is 274 g/mol. The highest BCUT2D eigenvalue weighted by Gasteiger charge is 2.23. The monoisotopic (exact) mass is 297 g/mol. The Morgan fingerprint density at radius 1 is 1.60 bits per heavy atom. The number of hydrogen-bond donors (Lipinski definition) is 2. The molecular formula is C14H23N3O2S. The van der Waals surface area contributed by atoms with E-state index >= 15 is 0 Å². The number of urea groups is 1. The Hall–Kier alpha value is -1.14. The van der Waals surface area contributed by atoms with Crippen LogP contribution in [0.4, 0.5) is 4.79 Å². The van der Waals surface area contributed by atoms with Crippen molar-refractivity contribution < 1.29 is 9.53 Å². The SMILES string of the molecule is Cc1cnc([C@H](C)CNC(=O)N[C@H](C)[C@@H]2CCOC2)s1. The first-order chi connectivity index (χ1) is 9.56. The molecule has 0 aromatic carbocycles. The van der Waals surface area contributed by atoms with Crippen LogP contribution < -0.4 is 10.6 Å². The van der Waals surface area contributed by atoms with Gasteiger partial charge in [-0.1, -0.05) is 6.92 Å². The maximum absolute atomic E-state index is 11.9. The van der Waals surface area contributed by atoms with Gasteiger partial charge in [0.2, 0.25) is 0 Å². The van der Waals surface area contributed by atoms with Crippen LogP contribution >= 0.6 is 11.3 Å². The van der Waals surface area contributed by atoms with Crippen LogP contribution in [0.25, 0.3) is 0 Å². The third kappa shape index (κ3) is 4.18. The Balaban J connectivity index is 1.71. The largest absolute Gasteiger partial charge is 0.381 e. The van der Waals surface area contributed by atoms with Crippen molar-refractivity contribution in [3.8, 4) is 0 Å². The number of aryl methyl sites for hydroxylation is 1. The van der Waals surface area contributed by atoms with E-state index in [4.69, 9.17) is 4.74 Å². The lowest BCUT2D eigenvalue weighted by molar-refractivity contribution is 0.178. The smallest absolute Gasteiger partial charge is 0.315 e. The minimum Gasteiger partial charge on any atom is -0.381 e. The first kappa shape index (κ1) is 15.3. The van der Waals surface area contributed by atoms with Gasteiger partial charge < -0.3 is 15.4 Å². The summed E-state index contributed by atoms with van der Waals surface area (Å²) < 4.78 is 5.34. The minimum atomic E-state index is -0.107. The van der Waals surface area contributed by atoms with Crippen LogP contribution in [0.3, 0.4) is 0 Å². The second-order valence-corrected chi connectivity index (χ2v) is 6.74. The number of carbonyl (C=O) groups is 1. The third-order valence-electron chi connectivity index (χ3n) is 3.66. The van der Waals surface area contributed by atoms with Crippen molar-refractivity contribution in [2.45, 2.75) is 39.2 Å². The summed E-state index contributed by atoms with van der Waals surface area (Å²) in [5.74, 6) is 0.671. The average Bonchev–Trinajstić information content (AvgIpc) is 3.06. The van der Waals surface area contributed by atoms with Crippen LogP contribution in [0, 0.1) is 12.8 Å². The first-order valence-corrected chi connectivity index (χ1v) is 7.92. The third-order valence-corrected chi connectivity index (χ3v) is 4.80. The van der Waals surface area contributed by atoms with Gasteiger partial charge in [0, 0.05) is 42.1 Å². The normalized spacial score (nSPS) is 21.4. The van der Waals surface area contributed by atoms with Crippen molar-refractivity contribution in [3.63, 3.8) is 0 Å². The summed E-state index contributed by atoms with van der Waals surface area (Å²) in [4.78, 5) is 17.4. The minimum absolute atomic E-state index is 0.107. The quantitative estimate of drug-likeness (QED) is 0.876. The lowest BCUT2D eigenvalue weighted by Gasteiger charge is -2.20. The zero-order valence-corrected chi connectivity index (χ0v) is 13.1. The number of aromatic nitrogens is 1. The van der Waals surface area contributed by atoms with E-state index in [1.54, 1.807) is 11.3 Å². The van der Waals surface area contributed by atoms with Crippen LogP contribution in [0.1, 0.15) is 36.1 Å². The standard InChI is InChI=1S/C14H23N3O2S/c1-9(13-15-7-10(2)20-13)6-16-14(18)17-11(3)12-4-5-19-8-12/h7,9,11-12H,4-6,8H2,1-3H3,(H2,16,17,18)/t9-,11-,12-/m1/s1. The molecule has 6 heteroatoms. The number of nitrogens with one attached hydrogen (secondary N) is 2. The number of nitrogens with zero attached hydrogens (tertiary/aromatic N) is 1. The molecule has 2 amide bonds. The van der Waals surface area contributed by atoms with Crippen LogP contribution in [0.15, 0.2) is 6.20 Å². The van der Waals surface area contributed by atoms with E-state index in [0.29, 0.717) is 12.5 Å². The maximum atomic E-state index is 11.9. The molecule has 2 heterocycles. The summed E-state index contributed by atoms with van der Waals surface area (Å²) in [6, 6.07) is 0.0411. The molecule has 1 aliphatic heterocycles. The van der Waals surface area contributed by atoms with Gasteiger partial charge in [-0.2, -0.15) is 0 Å². The first-order valence-electron chi connectivity index (χ1n) is 7.10. The van der Waals surface area contributed by atoms with Crippen LogP contribution in [0.5, 0.6) is 0 Å². The fraction of sp³-hybridized carbons (Fsp3) is 0.714. The van der Waals surface area contributed by atoms with E-state index in [-0.39, 0.29) is 18.0 Å². The molecule has 0 spiro atoms. The van der Waals surface area contributed by atoms with Gasteiger partial charge >= 0.3 is 6.03 Å². The molecule has 2 rings (SSSR count). The molecule has 0 aliphatic carbocycles. The highest BCUT2D eigenvalue weighted by atomic mass is 32.1. The van der Waals surface area contributed by atoms with Gasteiger partial charge in [-0.3, -0.25) is 0 Å². The average molecular weight is 297 g/mol. The summed E-state index contributed by atoms with van der Waals surface area (Å²) in [6.45, 7) is 8.31. The molecule has 1 saturated heterocycles. The lowest BCUT2D eigenvalue weighted by atomic mass is 10.0. The molecule has 0 saturated carbocycles. The number of rotatable bonds is 5. The van der Waals surface area contributed by atoms with Crippen molar-refractivity contribution in [1.29, 1.82) is 0 Å². The van der Waals surface area contributed by atoms with Gasteiger partial charge in [0.25, 0.3) is 0 Å². The molecule has 1 aromatic rings. The zero-order chi connectivity index (χ0) is 14.5. The topological polar surface area (TPSA) is 63.2 Å². The summed E-state index contributed by atoms with van der Waals surface area (Å²) in [6.07, 6.45) is 2.90. The van der Waals surface area contributed by atoms with Crippen LogP contribution in [0.2, 0.25) is 0 Å². The number of amides is 2. The van der Waals surface area contributed by atoms with Crippen LogP contribution in [-0.4, -0.2) is 36.8 Å². The number of hydrogen-bond acceptors (Lipinski definition) is 4. The van der Waals surface area contributed by atoms with Gasteiger partial charge in [-0.25, -0.2) is 9.78 Å². The summed E-state index contributed by atoms with van der Waals surface area (Å²) >= 11 is 1.68. The molecule has 0 radical (unpaired) electrons. The van der Waals surface area contributed by atoms with E-state index in [2.05, 4.69) is 22.5 Å². The zero-order valence-electron chi connectivity index (χ0n) is 12.3. The molecule has 1 fully saturated rings. The van der Waals surface area contributed by atoms with E-state index in [1.807, 2.05) is 20.0 Å². The van der Waals surface area contributed by atoms with Gasteiger partial charge in [-0.05, 0) is 20.3 Å². The van der Waals surface area contributed by atoms with E-state index in [1.165, 1.54) is 4.88 Å². The molecule has 1 aliphatic rings. The second kappa shape index (κ2) is 7.04. The Bertz CT molecular complexity index is 443. The maximum Gasteiger partial charge on any atom is 0.315 e. The fourth-order valence-corrected chi connectivity index (χ4v) is 3.08. The number of ether oxygens (including phenoxy) is 1. The molecule has 20 heavy (non-hydrogen) atoms. The molecule has 3 atom stereocenters. The van der Waals surface area contributed by atoms with Crippen molar-refractivity contribution in [2.75, 3.05) is 19.8 Å². The van der Waals surface area contributed by atoms with E-state index < -0.39 is 0 Å². The molecule has 112 valence electrons. The molecule has 2 N–H and O–H groups in total. The lowest BCUT2D eigenvalue weighted by Crippen LogP contribution is -2.45. The highest BCUT2D eigenvalue weighted by molar-refractivity contribution is 7.11. The van der Waals surface area contributed by atoms with Crippen molar-refractivity contribution in [3.05, 3.63) is 16.1 Å². The Morgan fingerprint density at radius 2 is 2.40 bits per heavy atom. The van der Waals surface area contributed by atoms with Crippen molar-refractivity contribution in [2.24, 2.45) is 5.92 Å². The summed E-state index contributed by atoms with van der Waals surface area (Å²) in [5, 5.41) is 6.98. The Morgan fingerprint density at radius 3 is 3.00 bits per heavy atom. The summed E-state index contributed by atoms with van der Waals surface area (Å²) in [5.41, 5.74) is 0. The van der Waals surface area contributed by atoms with E-state index in [9.17, 15) is 4.79 Å². The van der Waals surface area contributed by atoms with Gasteiger partial charge in [-0.15, -0.1) is 11.3 Å². The summed E-state index contributed by atoms with van der Waals surface area (Å²) in [7, 11) is 0. The second-order valence-electron chi connectivity index (χ2n) is 5.48. The molecule has 0 unspecified atom stereocenters. The van der Waals surface area contributed by atoms with Crippen molar-refractivity contribution >= 4 is 17.4 Å². The fourth-order valence-electron chi connectivity index (χ4n) is 2.26. The Labute approximate surface area is 124 Å². The predicted molar refractivity (Wildman–Crippen MR) is 80.2 cm³/mol. The van der Waals surface area contributed by atoms with Gasteiger partial charge in [0.15, 0.2) is 0 Å². The molecule has 1 aromatic heterocycles. The van der Waals surface area contributed by atoms with Gasteiger partial charge in [0.1, 0.15) is 0 Å². The van der Waals surface area contributed by atoms with Crippen molar-refractivity contribution in [1.82, 2.24) is 15.6 Å². The Kier molecular flexibility index (Phi) is 5.37. The van der Waals surface area contributed by atoms with Crippen LogP contribution in [-0.2, 0) is 4.74 Å². The number of thiazole rings is 1.